The van der Waals surface area contributed by atoms with Crippen LogP contribution >= 0.6 is 0 Å². The molecule has 0 aromatic carbocycles. The second-order valence-corrected chi connectivity index (χ2v) is 5.92. The third kappa shape index (κ3) is 4.47. The number of nitrogens with one attached hydrogen (secondary N) is 1. The summed E-state index contributed by atoms with van der Waals surface area (Å²) in [5.41, 5.74) is 2.91. The molecule has 2 heteroatoms. The molecular formula is C15H26N2. The van der Waals surface area contributed by atoms with Gasteiger partial charge in [0.1, 0.15) is 0 Å². The normalized spacial score (nSPS) is 12.1. The highest BCUT2D eigenvalue weighted by molar-refractivity contribution is 5.28. The smallest absolute Gasteiger partial charge is 0.0307 e. The summed E-state index contributed by atoms with van der Waals surface area (Å²) in [4.78, 5) is 4.25. The molecule has 1 heterocycles. The lowest BCUT2D eigenvalue weighted by Crippen LogP contribution is -2.28. The fourth-order valence-corrected chi connectivity index (χ4v) is 2.10. The molecule has 0 atom stereocenters. The van der Waals surface area contributed by atoms with Crippen molar-refractivity contribution >= 4 is 0 Å². The Labute approximate surface area is 106 Å². The van der Waals surface area contributed by atoms with Gasteiger partial charge in [-0.05, 0) is 55.0 Å². The largest absolute Gasteiger partial charge is 0.316 e. The van der Waals surface area contributed by atoms with Gasteiger partial charge in [0.05, 0.1) is 0 Å². The zero-order valence-corrected chi connectivity index (χ0v) is 11.9. The van der Waals surface area contributed by atoms with Gasteiger partial charge in [-0.1, -0.05) is 27.7 Å². The second-order valence-electron chi connectivity index (χ2n) is 5.92. The van der Waals surface area contributed by atoms with E-state index < -0.39 is 0 Å². The molecule has 1 aromatic rings. The van der Waals surface area contributed by atoms with Gasteiger partial charge in [0.2, 0.25) is 0 Å². The van der Waals surface area contributed by atoms with Crippen LogP contribution in [-0.4, -0.2) is 18.1 Å². The van der Waals surface area contributed by atoms with Crippen LogP contribution in [0, 0.1) is 12.8 Å². The fourth-order valence-electron chi connectivity index (χ4n) is 2.10. The van der Waals surface area contributed by atoms with E-state index in [0.29, 0.717) is 0 Å². The highest BCUT2D eigenvalue weighted by Gasteiger charge is 2.21. The molecule has 0 radical (unpaired) electrons. The summed E-state index contributed by atoms with van der Waals surface area (Å²) >= 11 is 0. The number of hydrogen-bond donors (Lipinski definition) is 1. The van der Waals surface area contributed by atoms with Crippen LogP contribution in [-0.2, 0) is 5.41 Å². The lowest BCUT2D eigenvalue weighted by molar-refractivity contribution is 0.439. The monoisotopic (exact) mass is 234 g/mol. The molecule has 0 saturated carbocycles. The van der Waals surface area contributed by atoms with Crippen LogP contribution in [0.5, 0.6) is 0 Å². The lowest BCUT2D eigenvalue weighted by Gasteiger charge is -2.27. The number of hydrogen-bond acceptors (Lipinski definition) is 2. The van der Waals surface area contributed by atoms with E-state index in [2.05, 4.69) is 51.0 Å². The maximum atomic E-state index is 4.25. The van der Waals surface area contributed by atoms with E-state index in [9.17, 15) is 0 Å². The number of rotatable bonds is 6. The first-order chi connectivity index (χ1) is 7.93. The minimum atomic E-state index is 0.197. The first-order valence-corrected chi connectivity index (χ1v) is 6.55. The summed E-state index contributed by atoms with van der Waals surface area (Å²) in [6, 6.07) is 2.10. The first kappa shape index (κ1) is 14.2. The fraction of sp³-hybridized carbons (Fsp3) is 0.667. The molecule has 1 rings (SSSR count). The third-order valence-corrected chi connectivity index (χ3v) is 3.25. The van der Waals surface area contributed by atoms with Gasteiger partial charge in [0, 0.05) is 12.4 Å². The molecule has 0 fully saturated rings. The third-order valence-electron chi connectivity index (χ3n) is 3.25. The van der Waals surface area contributed by atoms with E-state index >= 15 is 0 Å². The van der Waals surface area contributed by atoms with E-state index in [0.717, 1.165) is 25.4 Å². The predicted molar refractivity (Wildman–Crippen MR) is 74.3 cm³/mol. The van der Waals surface area contributed by atoms with Crippen molar-refractivity contribution in [3.8, 4) is 0 Å². The molecule has 0 bridgehead atoms. The number of nitrogens with zero attached hydrogens (tertiary/aromatic N) is 1. The van der Waals surface area contributed by atoms with E-state index in [1.54, 1.807) is 0 Å². The minimum Gasteiger partial charge on any atom is -0.316 e. The molecule has 0 saturated heterocycles. The molecular weight excluding hydrogens is 208 g/mol. The second kappa shape index (κ2) is 6.15. The summed E-state index contributed by atoms with van der Waals surface area (Å²) in [6.45, 7) is 13.4. The Morgan fingerprint density at radius 2 is 2.06 bits per heavy atom. The maximum Gasteiger partial charge on any atom is 0.0307 e. The standard InChI is InChI=1S/C15H26N2/c1-12(2)10-17-9-7-15(4,5)14-11-16-8-6-13(14)3/h6,8,11-12,17H,7,9-10H2,1-5H3. The van der Waals surface area contributed by atoms with Crippen molar-refractivity contribution in [2.24, 2.45) is 5.92 Å². The average Bonchev–Trinajstić information content (AvgIpc) is 2.24. The first-order valence-electron chi connectivity index (χ1n) is 6.55. The van der Waals surface area contributed by atoms with Gasteiger partial charge in [-0.3, -0.25) is 4.98 Å². The Morgan fingerprint density at radius 3 is 2.65 bits per heavy atom. The van der Waals surface area contributed by atoms with Crippen molar-refractivity contribution in [1.29, 1.82) is 0 Å². The van der Waals surface area contributed by atoms with Crippen molar-refractivity contribution in [2.75, 3.05) is 13.1 Å². The number of pyridine rings is 1. The number of aromatic nitrogens is 1. The Hall–Kier alpha value is -0.890. The lowest BCUT2D eigenvalue weighted by atomic mass is 9.80. The molecule has 0 unspecified atom stereocenters. The van der Waals surface area contributed by atoms with E-state index in [4.69, 9.17) is 0 Å². The van der Waals surface area contributed by atoms with Gasteiger partial charge >= 0.3 is 0 Å². The van der Waals surface area contributed by atoms with Gasteiger partial charge in [-0.25, -0.2) is 0 Å². The molecule has 0 aliphatic carbocycles. The Kier molecular flexibility index (Phi) is 5.13. The van der Waals surface area contributed by atoms with Crippen LogP contribution < -0.4 is 5.32 Å². The summed E-state index contributed by atoms with van der Waals surface area (Å²) in [5, 5.41) is 3.51. The summed E-state index contributed by atoms with van der Waals surface area (Å²) in [7, 11) is 0. The SMILES string of the molecule is Cc1ccncc1C(C)(C)CCNCC(C)C. The predicted octanol–water partition coefficient (Wildman–Crippen LogP) is 3.30. The minimum absolute atomic E-state index is 0.197. The quantitative estimate of drug-likeness (QED) is 0.764. The van der Waals surface area contributed by atoms with Crippen molar-refractivity contribution in [3.63, 3.8) is 0 Å². The molecule has 1 N–H and O–H groups in total. The number of aryl methyl sites for hydroxylation is 1. The molecule has 0 amide bonds. The van der Waals surface area contributed by atoms with Gasteiger partial charge in [-0.15, -0.1) is 0 Å². The summed E-state index contributed by atoms with van der Waals surface area (Å²) < 4.78 is 0. The molecule has 2 nitrogen and oxygen atoms in total. The zero-order valence-electron chi connectivity index (χ0n) is 11.9. The van der Waals surface area contributed by atoms with Crippen LogP contribution in [0.15, 0.2) is 18.5 Å². The molecule has 96 valence electrons. The van der Waals surface area contributed by atoms with Gasteiger partial charge in [-0.2, -0.15) is 0 Å². The summed E-state index contributed by atoms with van der Waals surface area (Å²) in [6.07, 6.45) is 5.02. The van der Waals surface area contributed by atoms with Crippen LogP contribution in [0.25, 0.3) is 0 Å². The van der Waals surface area contributed by atoms with Crippen LogP contribution in [0.4, 0.5) is 0 Å². The van der Waals surface area contributed by atoms with E-state index in [-0.39, 0.29) is 5.41 Å². The van der Waals surface area contributed by atoms with Gasteiger partial charge in [0.25, 0.3) is 0 Å². The average molecular weight is 234 g/mol. The molecule has 0 spiro atoms. The van der Waals surface area contributed by atoms with Crippen molar-refractivity contribution in [3.05, 3.63) is 29.6 Å². The maximum absolute atomic E-state index is 4.25. The Morgan fingerprint density at radius 1 is 1.35 bits per heavy atom. The molecule has 0 aliphatic heterocycles. The van der Waals surface area contributed by atoms with E-state index in [1.165, 1.54) is 11.1 Å². The topological polar surface area (TPSA) is 24.9 Å². The highest BCUT2D eigenvalue weighted by Crippen LogP contribution is 2.28. The Bertz CT molecular complexity index is 343. The molecule has 1 aromatic heterocycles. The summed E-state index contributed by atoms with van der Waals surface area (Å²) in [5.74, 6) is 0.721. The van der Waals surface area contributed by atoms with Gasteiger partial charge in [0.15, 0.2) is 0 Å². The zero-order chi connectivity index (χ0) is 12.9. The highest BCUT2D eigenvalue weighted by atomic mass is 14.9. The molecule has 0 aliphatic rings. The van der Waals surface area contributed by atoms with Crippen molar-refractivity contribution in [2.45, 2.75) is 46.5 Å². The van der Waals surface area contributed by atoms with Crippen LogP contribution in [0.3, 0.4) is 0 Å². The van der Waals surface area contributed by atoms with Crippen molar-refractivity contribution < 1.29 is 0 Å². The Balaban J connectivity index is 2.54. The van der Waals surface area contributed by atoms with Crippen LogP contribution in [0.2, 0.25) is 0 Å². The van der Waals surface area contributed by atoms with Crippen molar-refractivity contribution in [1.82, 2.24) is 10.3 Å². The van der Waals surface area contributed by atoms with Crippen LogP contribution in [0.1, 0.15) is 45.2 Å². The van der Waals surface area contributed by atoms with Gasteiger partial charge < -0.3 is 5.32 Å². The van der Waals surface area contributed by atoms with E-state index in [1.807, 2.05) is 12.4 Å². The molecule has 17 heavy (non-hydrogen) atoms.